The molecule has 0 bridgehead atoms. The molecular weight excluding hydrogens is 403 g/mol. The predicted octanol–water partition coefficient (Wildman–Crippen LogP) is 3.86. The average Bonchev–Trinajstić information content (AvgIpc) is 2.18. The van der Waals surface area contributed by atoms with Gasteiger partial charge >= 0.3 is 118 Å². The minimum atomic E-state index is 0.331. The summed E-state index contributed by atoms with van der Waals surface area (Å²) in [7, 11) is 0. The maximum atomic E-state index is 3.64. The molecule has 0 nitrogen and oxygen atoms in total. The van der Waals surface area contributed by atoms with E-state index in [9.17, 15) is 0 Å². The number of hydrogen-bond donors (Lipinski definition) is 0. The van der Waals surface area contributed by atoms with Gasteiger partial charge in [-0.25, -0.2) is 0 Å². The molecule has 1 aliphatic rings. The van der Waals surface area contributed by atoms with E-state index in [-0.39, 0.29) is 0 Å². The molecule has 1 heterocycles. The van der Waals surface area contributed by atoms with E-state index in [2.05, 4.69) is 56.0 Å². The third kappa shape index (κ3) is 2.49. The second-order valence-electron chi connectivity index (χ2n) is 4.34. The number of benzene rings is 1. The van der Waals surface area contributed by atoms with Crippen molar-refractivity contribution in [3.05, 3.63) is 22.2 Å². The van der Waals surface area contributed by atoms with E-state index >= 15 is 0 Å². The van der Waals surface area contributed by atoms with E-state index in [4.69, 9.17) is 0 Å². The second-order valence-corrected chi connectivity index (χ2v) is 9.29. The van der Waals surface area contributed by atoms with Crippen LogP contribution in [-0.2, 0) is 5.41 Å². The van der Waals surface area contributed by atoms with Crippen LogP contribution in [-0.4, -0.2) is 18.9 Å². The van der Waals surface area contributed by atoms with Gasteiger partial charge in [-0.1, -0.05) is 0 Å². The van der Waals surface area contributed by atoms with Crippen LogP contribution in [0.15, 0.2) is 21.5 Å². The zero-order valence-corrected chi connectivity index (χ0v) is 14.3. The number of fused-ring (bicyclic) bond motifs is 1. The van der Waals surface area contributed by atoms with Crippen molar-refractivity contribution in [1.29, 1.82) is 0 Å². The van der Waals surface area contributed by atoms with E-state index in [1.165, 1.54) is 31.6 Å². The molecule has 0 fully saturated rings. The van der Waals surface area contributed by atoms with Crippen LogP contribution in [0, 0.1) is 0 Å². The van der Waals surface area contributed by atoms with Crippen LogP contribution >= 0.6 is 41.8 Å². The van der Waals surface area contributed by atoms with Gasteiger partial charge in [-0.05, 0) is 0 Å². The first kappa shape index (κ1) is 12.5. The Morgan fingerprint density at radius 3 is 2.80 bits per heavy atom. The SMILES string of the molecule is CC1(C)CCSc2c([Se]Br)cc(Br)cc21. The third-order valence-corrected chi connectivity index (χ3v) is 7.53. The molecule has 15 heavy (non-hydrogen) atoms. The van der Waals surface area contributed by atoms with Gasteiger partial charge in [0.25, 0.3) is 0 Å². The fourth-order valence-corrected chi connectivity index (χ4v) is 7.34. The molecule has 0 atom stereocenters. The molecule has 0 amide bonds. The van der Waals surface area contributed by atoms with E-state index in [0.29, 0.717) is 18.6 Å². The summed E-state index contributed by atoms with van der Waals surface area (Å²) in [4.78, 5) is 1.52. The van der Waals surface area contributed by atoms with Crippen LogP contribution < -0.4 is 4.46 Å². The van der Waals surface area contributed by atoms with Crippen molar-refractivity contribution in [3.8, 4) is 0 Å². The van der Waals surface area contributed by atoms with Crippen LogP contribution in [0.3, 0.4) is 0 Å². The molecule has 4 heteroatoms. The number of rotatable bonds is 1. The summed E-state index contributed by atoms with van der Waals surface area (Å²) >= 11 is 9.67. The summed E-state index contributed by atoms with van der Waals surface area (Å²) in [5.74, 6) is 1.25. The van der Waals surface area contributed by atoms with Crippen LogP contribution in [0.1, 0.15) is 25.8 Å². The van der Waals surface area contributed by atoms with Gasteiger partial charge in [0.05, 0.1) is 0 Å². The molecule has 82 valence electrons. The van der Waals surface area contributed by atoms with Crippen molar-refractivity contribution < 1.29 is 0 Å². The van der Waals surface area contributed by atoms with E-state index < -0.39 is 0 Å². The summed E-state index contributed by atoms with van der Waals surface area (Å²) in [6.07, 6.45) is 1.27. The monoisotopic (exact) mass is 414 g/mol. The summed E-state index contributed by atoms with van der Waals surface area (Å²) in [6, 6.07) is 4.55. The quantitative estimate of drug-likeness (QED) is 0.629. The van der Waals surface area contributed by atoms with E-state index in [1.807, 2.05) is 11.8 Å². The summed E-state index contributed by atoms with van der Waals surface area (Å²) in [5, 5.41) is 0. The van der Waals surface area contributed by atoms with Crippen molar-refractivity contribution in [3.63, 3.8) is 0 Å². The van der Waals surface area contributed by atoms with Gasteiger partial charge in [-0.2, -0.15) is 0 Å². The molecule has 0 N–H and O–H groups in total. The number of halogens is 2. The van der Waals surface area contributed by atoms with Crippen LogP contribution in [0.25, 0.3) is 0 Å². The first-order valence-electron chi connectivity index (χ1n) is 4.80. The van der Waals surface area contributed by atoms with Crippen LogP contribution in [0.5, 0.6) is 0 Å². The van der Waals surface area contributed by atoms with Crippen LogP contribution in [0.2, 0.25) is 0 Å². The Balaban J connectivity index is 2.61. The zero-order chi connectivity index (χ0) is 11.1. The first-order valence-corrected chi connectivity index (χ1v) is 11.4. The number of hydrogen-bond acceptors (Lipinski definition) is 1. The summed E-state index contributed by atoms with van der Waals surface area (Å²) < 4.78 is 2.69. The van der Waals surface area contributed by atoms with Crippen molar-refractivity contribution >= 4 is 59.4 Å². The van der Waals surface area contributed by atoms with Crippen LogP contribution in [0.4, 0.5) is 0 Å². The summed E-state index contributed by atoms with van der Waals surface area (Å²) in [5.41, 5.74) is 1.85. The zero-order valence-electron chi connectivity index (χ0n) is 8.64. The molecule has 1 aromatic rings. The molecule has 0 saturated carbocycles. The Morgan fingerprint density at radius 2 is 2.13 bits per heavy atom. The maximum absolute atomic E-state index is 3.64. The van der Waals surface area contributed by atoms with Gasteiger partial charge in [-0.15, -0.1) is 0 Å². The van der Waals surface area contributed by atoms with Gasteiger partial charge in [0, 0.05) is 0 Å². The van der Waals surface area contributed by atoms with E-state index in [0.717, 1.165) is 0 Å². The molecule has 2 rings (SSSR count). The minimum absolute atomic E-state index is 0.331. The fraction of sp³-hybridized carbons (Fsp3) is 0.455. The van der Waals surface area contributed by atoms with Crippen molar-refractivity contribution in [2.24, 2.45) is 0 Å². The molecule has 0 spiro atoms. The van der Waals surface area contributed by atoms with Crippen molar-refractivity contribution in [2.75, 3.05) is 5.75 Å². The molecule has 0 radical (unpaired) electrons. The van der Waals surface area contributed by atoms with Gasteiger partial charge in [0.1, 0.15) is 0 Å². The van der Waals surface area contributed by atoms with Gasteiger partial charge < -0.3 is 0 Å². The van der Waals surface area contributed by atoms with Crippen molar-refractivity contribution in [2.45, 2.75) is 30.6 Å². The molecule has 0 aliphatic carbocycles. The van der Waals surface area contributed by atoms with Gasteiger partial charge in [-0.3, -0.25) is 0 Å². The fourth-order valence-electron chi connectivity index (χ4n) is 1.82. The summed E-state index contributed by atoms with van der Waals surface area (Å²) in [6.45, 7) is 4.70. The predicted molar refractivity (Wildman–Crippen MR) is 76.8 cm³/mol. The topological polar surface area (TPSA) is 0 Å². The second kappa shape index (κ2) is 4.73. The molecule has 0 saturated heterocycles. The van der Waals surface area contributed by atoms with Gasteiger partial charge in [0.15, 0.2) is 0 Å². The molecule has 0 unspecified atom stereocenters. The normalized spacial score (nSPS) is 18.7. The Kier molecular flexibility index (Phi) is 3.95. The average molecular weight is 415 g/mol. The van der Waals surface area contributed by atoms with Crippen molar-refractivity contribution in [1.82, 2.24) is 0 Å². The first-order chi connectivity index (χ1) is 7.04. The Bertz CT molecular complexity index is 390. The Hall–Kier alpha value is 1.05. The molecule has 1 aromatic carbocycles. The molecule has 1 aliphatic heterocycles. The third-order valence-electron chi connectivity index (χ3n) is 2.81. The van der Waals surface area contributed by atoms with E-state index in [1.54, 1.807) is 0 Å². The molecular formula is C11H12Br2SSe. The number of thioether (sulfide) groups is 1. The molecule has 0 aromatic heterocycles. The Morgan fingerprint density at radius 1 is 1.40 bits per heavy atom. The van der Waals surface area contributed by atoms with Gasteiger partial charge in [0.2, 0.25) is 0 Å². The Labute approximate surface area is 117 Å². The standard InChI is InChI=1S/C11H12Br2SSe/c1-11(2)3-4-14-10-8(11)5-7(12)6-9(10)15-13/h5-6H,3-4H2,1-2H3.